The van der Waals surface area contributed by atoms with E-state index in [1.165, 1.54) is 0 Å². The molecule has 2 rings (SSSR count). The molecule has 0 aromatic heterocycles. The van der Waals surface area contributed by atoms with Crippen molar-refractivity contribution in [3.63, 3.8) is 0 Å². The number of halogens is 8. The second-order valence-electron chi connectivity index (χ2n) is 5.33. The van der Waals surface area contributed by atoms with Gasteiger partial charge in [0.1, 0.15) is 5.69 Å². The molecule has 0 bridgehead atoms. The van der Waals surface area contributed by atoms with Crippen molar-refractivity contribution in [2.45, 2.75) is 12.4 Å². The van der Waals surface area contributed by atoms with Crippen molar-refractivity contribution in [3.8, 4) is 0 Å². The Kier molecular flexibility index (Phi) is 5.99. The van der Waals surface area contributed by atoms with Gasteiger partial charge < -0.3 is 5.32 Å². The van der Waals surface area contributed by atoms with Crippen LogP contribution in [0, 0.1) is 20.2 Å². The number of rotatable bonds is 4. The van der Waals surface area contributed by atoms with Crippen LogP contribution in [-0.2, 0) is 12.4 Å². The van der Waals surface area contributed by atoms with Gasteiger partial charge in [-0.1, -0.05) is 11.6 Å². The topological polar surface area (TPSA) is 98.3 Å². The van der Waals surface area contributed by atoms with Crippen molar-refractivity contribution < 1.29 is 36.2 Å². The van der Waals surface area contributed by atoms with Crippen LogP contribution in [0.3, 0.4) is 0 Å². The molecule has 0 fully saturated rings. The third-order valence-corrected chi connectivity index (χ3v) is 4.41. The summed E-state index contributed by atoms with van der Waals surface area (Å²) in [6, 6.07) is 1.37. The Bertz CT molecular complexity index is 1010. The molecule has 15 heteroatoms. The van der Waals surface area contributed by atoms with E-state index < -0.39 is 61.1 Å². The van der Waals surface area contributed by atoms with Crippen molar-refractivity contribution in [1.82, 2.24) is 0 Å². The average molecular weight is 509 g/mol. The molecule has 29 heavy (non-hydrogen) atoms. The average Bonchev–Trinajstić information content (AvgIpc) is 2.54. The van der Waals surface area contributed by atoms with E-state index in [-0.39, 0.29) is 16.6 Å². The van der Waals surface area contributed by atoms with Crippen molar-refractivity contribution in [3.05, 3.63) is 65.1 Å². The summed E-state index contributed by atoms with van der Waals surface area (Å²) in [4.78, 5) is 19.4. The van der Waals surface area contributed by atoms with Crippen LogP contribution in [0.2, 0.25) is 5.02 Å². The quantitative estimate of drug-likeness (QED) is 0.281. The molecule has 0 heterocycles. The number of non-ortho nitro benzene ring substituents is 1. The summed E-state index contributed by atoms with van der Waals surface area (Å²) in [7, 11) is 0. The molecule has 0 unspecified atom stereocenters. The van der Waals surface area contributed by atoms with Gasteiger partial charge in [0.2, 0.25) is 0 Å². The van der Waals surface area contributed by atoms with Crippen LogP contribution in [-0.4, -0.2) is 9.85 Å². The molecule has 0 aliphatic carbocycles. The van der Waals surface area contributed by atoms with E-state index in [2.05, 4.69) is 15.9 Å². The minimum Gasteiger partial charge on any atom is -0.348 e. The number of hydrogen-bond acceptors (Lipinski definition) is 5. The summed E-state index contributed by atoms with van der Waals surface area (Å²) in [5.74, 6) is 0. The highest BCUT2D eigenvalue weighted by Crippen LogP contribution is 2.46. The Labute approximate surface area is 169 Å². The van der Waals surface area contributed by atoms with Gasteiger partial charge in [-0.05, 0) is 28.1 Å². The number of hydrogen-bond donors (Lipinski definition) is 1. The molecule has 7 nitrogen and oxygen atoms in total. The number of nitro benzene ring substituents is 2. The van der Waals surface area contributed by atoms with Crippen LogP contribution in [0.4, 0.5) is 49.1 Å². The summed E-state index contributed by atoms with van der Waals surface area (Å²) in [5.41, 5.74) is -7.71. The van der Waals surface area contributed by atoms with Gasteiger partial charge in [-0.15, -0.1) is 0 Å². The van der Waals surface area contributed by atoms with E-state index in [4.69, 9.17) is 11.6 Å². The molecule has 0 aliphatic rings. The van der Waals surface area contributed by atoms with Gasteiger partial charge in [0, 0.05) is 10.5 Å². The number of nitrogens with one attached hydrogen (secondary N) is 1. The predicted octanol–water partition coefficient (Wildman–Crippen LogP) is 6.70. The van der Waals surface area contributed by atoms with Gasteiger partial charge in [0.15, 0.2) is 0 Å². The van der Waals surface area contributed by atoms with Gasteiger partial charge >= 0.3 is 12.4 Å². The molecule has 1 N–H and O–H groups in total. The molecule has 2 aromatic carbocycles. The van der Waals surface area contributed by atoms with E-state index in [0.29, 0.717) is 6.07 Å². The van der Waals surface area contributed by atoms with E-state index in [1.807, 2.05) is 5.32 Å². The van der Waals surface area contributed by atoms with Crippen LogP contribution in [0.15, 0.2) is 28.7 Å². The Balaban J connectivity index is 2.79. The molecule has 0 atom stereocenters. The van der Waals surface area contributed by atoms with E-state index >= 15 is 0 Å². The lowest BCUT2D eigenvalue weighted by atomic mass is 10.1. The smallest absolute Gasteiger partial charge is 0.348 e. The summed E-state index contributed by atoms with van der Waals surface area (Å²) >= 11 is 8.30. The summed E-state index contributed by atoms with van der Waals surface area (Å²) in [6.07, 6.45) is -10.3. The molecular formula is C14H5BrClF6N3O4. The summed E-state index contributed by atoms with van der Waals surface area (Å²) in [6.45, 7) is 0. The fourth-order valence-corrected chi connectivity index (χ4v) is 3.06. The van der Waals surface area contributed by atoms with Gasteiger partial charge in [-0.2, -0.15) is 26.3 Å². The normalized spacial score (nSPS) is 12.0. The first-order valence-electron chi connectivity index (χ1n) is 7.00. The highest BCUT2D eigenvalue weighted by atomic mass is 79.9. The maximum absolute atomic E-state index is 13.4. The first-order chi connectivity index (χ1) is 13.1. The van der Waals surface area contributed by atoms with Gasteiger partial charge in [0.05, 0.1) is 37.7 Å². The lowest BCUT2D eigenvalue weighted by molar-refractivity contribution is -0.394. The largest absolute Gasteiger partial charge is 0.418 e. The van der Waals surface area contributed by atoms with Crippen molar-refractivity contribution in [2.24, 2.45) is 0 Å². The molecule has 0 radical (unpaired) electrons. The lowest BCUT2D eigenvalue weighted by Gasteiger charge is -2.17. The SMILES string of the molecule is O=[N+]([O-])c1cc([N+](=O)[O-])c(Nc2cc(C(F)(F)F)c(Cl)cc2Br)c(C(F)(F)F)c1. The van der Waals surface area contributed by atoms with E-state index in [9.17, 15) is 46.6 Å². The zero-order valence-electron chi connectivity index (χ0n) is 13.4. The summed E-state index contributed by atoms with van der Waals surface area (Å²) < 4.78 is 79.0. The third kappa shape index (κ3) is 4.87. The Morgan fingerprint density at radius 1 is 0.897 bits per heavy atom. The zero-order chi connectivity index (χ0) is 22.3. The first kappa shape index (κ1) is 22.7. The number of alkyl halides is 6. The van der Waals surface area contributed by atoms with Crippen LogP contribution < -0.4 is 5.32 Å². The molecule has 0 aliphatic heterocycles. The van der Waals surface area contributed by atoms with Crippen LogP contribution >= 0.6 is 27.5 Å². The van der Waals surface area contributed by atoms with Crippen LogP contribution in [0.1, 0.15) is 11.1 Å². The fraction of sp³-hybridized carbons (Fsp3) is 0.143. The van der Waals surface area contributed by atoms with Crippen molar-refractivity contribution >= 4 is 50.3 Å². The second kappa shape index (κ2) is 7.67. The predicted molar refractivity (Wildman–Crippen MR) is 92.2 cm³/mol. The Morgan fingerprint density at radius 2 is 1.45 bits per heavy atom. The first-order valence-corrected chi connectivity index (χ1v) is 8.17. The van der Waals surface area contributed by atoms with Gasteiger partial charge in [0.25, 0.3) is 11.4 Å². The number of nitrogens with zero attached hydrogens (tertiary/aromatic N) is 2. The number of nitro groups is 2. The van der Waals surface area contributed by atoms with E-state index in [0.717, 1.165) is 6.07 Å². The Hall–Kier alpha value is -2.61. The summed E-state index contributed by atoms with van der Waals surface area (Å²) in [5, 5.41) is 23.2. The highest BCUT2D eigenvalue weighted by molar-refractivity contribution is 9.10. The molecule has 0 spiro atoms. The molecule has 0 saturated heterocycles. The third-order valence-electron chi connectivity index (χ3n) is 3.44. The van der Waals surface area contributed by atoms with E-state index in [1.54, 1.807) is 0 Å². The molecule has 156 valence electrons. The number of anilines is 2. The standard InChI is InChI=1S/C14H5BrClF6N3O4/c15-8-4-9(16)6(13(17,18)19)3-10(8)23-12-7(14(20,21)22)1-5(24(26)27)2-11(12)25(28)29/h1-4,23H. The van der Waals surface area contributed by atoms with Crippen LogP contribution in [0.25, 0.3) is 0 Å². The number of benzene rings is 2. The van der Waals surface area contributed by atoms with Gasteiger partial charge in [-0.3, -0.25) is 20.2 Å². The second-order valence-corrected chi connectivity index (χ2v) is 6.60. The van der Waals surface area contributed by atoms with Crippen molar-refractivity contribution in [2.75, 3.05) is 5.32 Å². The fourth-order valence-electron chi connectivity index (χ4n) is 2.21. The van der Waals surface area contributed by atoms with Crippen molar-refractivity contribution in [1.29, 1.82) is 0 Å². The minimum absolute atomic E-state index is 0.0316. The molecule has 0 amide bonds. The van der Waals surface area contributed by atoms with Gasteiger partial charge in [-0.25, -0.2) is 0 Å². The monoisotopic (exact) mass is 507 g/mol. The maximum atomic E-state index is 13.4. The maximum Gasteiger partial charge on any atom is 0.418 e. The molecular weight excluding hydrogens is 504 g/mol. The highest BCUT2D eigenvalue weighted by Gasteiger charge is 2.40. The molecule has 0 saturated carbocycles. The van der Waals surface area contributed by atoms with Crippen LogP contribution in [0.5, 0.6) is 0 Å². The Morgan fingerprint density at radius 3 is 1.90 bits per heavy atom. The zero-order valence-corrected chi connectivity index (χ0v) is 15.7. The lowest BCUT2D eigenvalue weighted by Crippen LogP contribution is -2.13. The minimum atomic E-state index is -5.30. The molecule has 2 aromatic rings.